The summed E-state index contributed by atoms with van der Waals surface area (Å²) in [5.41, 5.74) is 7.15. The fraction of sp³-hybridized carbons (Fsp3) is 0.583. The first-order valence-electron chi connectivity index (χ1n) is 5.75. The summed E-state index contributed by atoms with van der Waals surface area (Å²) in [6, 6.07) is 3.90. The molecule has 0 aliphatic rings. The van der Waals surface area contributed by atoms with Crippen LogP contribution in [0.1, 0.15) is 24.2 Å². The van der Waals surface area contributed by atoms with Crippen LogP contribution in [0.2, 0.25) is 0 Å². The third kappa shape index (κ3) is 4.63. The lowest BCUT2D eigenvalue weighted by molar-refractivity contribution is 0.113. The number of thioether (sulfide) groups is 1. The zero-order valence-electron chi connectivity index (χ0n) is 9.99. The predicted molar refractivity (Wildman–Crippen MR) is 70.8 cm³/mol. The molecule has 1 aromatic heterocycles. The van der Waals surface area contributed by atoms with Gasteiger partial charge in [-0.25, -0.2) is 0 Å². The van der Waals surface area contributed by atoms with Crippen LogP contribution in [0.25, 0.3) is 0 Å². The number of hydrogen-bond donors (Lipinski definition) is 3. The standard InChI is InChI=1S/C12H20N2O2S/c1-2-11(13)12(17-8-10(16)7-15)9-4-3-5-14-6-9/h3-6,10-12,15-16H,2,7-8,13H2,1H3. The van der Waals surface area contributed by atoms with E-state index in [1.54, 1.807) is 24.2 Å². The Labute approximate surface area is 106 Å². The van der Waals surface area contributed by atoms with Crippen LogP contribution in [0, 0.1) is 0 Å². The first kappa shape index (κ1) is 14.4. The third-order valence-electron chi connectivity index (χ3n) is 2.55. The Balaban J connectivity index is 2.68. The van der Waals surface area contributed by atoms with Gasteiger partial charge >= 0.3 is 0 Å². The Hall–Kier alpha value is -0.620. The van der Waals surface area contributed by atoms with Gasteiger partial charge in [-0.3, -0.25) is 4.98 Å². The molecule has 3 atom stereocenters. The molecule has 0 saturated carbocycles. The topological polar surface area (TPSA) is 79.4 Å². The van der Waals surface area contributed by atoms with E-state index in [4.69, 9.17) is 10.8 Å². The molecule has 5 heteroatoms. The van der Waals surface area contributed by atoms with Crippen LogP contribution in [-0.4, -0.2) is 39.7 Å². The van der Waals surface area contributed by atoms with Gasteiger partial charge in [0.25, 0.3) is 0 Å². The maximum Gasteiger partial charge on any atom is 0.0861 e. The van der Waals surface area contributed by atoms with Gasteiger partial charge in [-0.05, 0) is 18.1 Å². The molecule has 0 radical (unpaired) electrons. The van der Waals surface area contributed by atoms with E-state index >= 15 is 0 Å². The molecule has 1 rings (SSSR count). The monoisotopic (exact) mass is 256 g/mol. The quantitative estimate of drug-likeness (QED) is 0.677. The van der Waals surface area contributed by atoms with Crippen LogP contribution in [0.5, 0.6) is 0 Å². The van der Waals surface area contributed by atoms with Crippen molar-refractivity contribution in [1.82, 2.24) is 4.98 Å². The molecular formula is C12H20N2O2S. The molecule has 3 unspecified atom stereocenters. The lowest BCUT2D eigenvalue weighted by Crippen LogP contribution is -2.27. The highest BCUT2D eigenvalue weighted by Gasteiger charge is 2.20. The van der Waals surface area contributed by atoms with Gasteiger partial charge in [-0.15, -0.1) is 11.8 Å². The molecule has 0 fully saturated rings. The average Bonchev–Trinajstić information content (AvgIpc) is 2.39. The molecule has 0 aliphatic heterocycles. The van der Waals surface area contributed by atoms with Crippen LogP contribution in [-0.2, 0) is 0 Å². The summed E-state index contributed by atoms with van der Waals surface area (Å²) in [4.78, 5) is 4.09. The number of aliphatic hydroxyl groups is 2. The molecule has 0 aromatic carbocycles. The van der Waals surface area contributed by atoms with Gasteiger partial charge in [-0.1, -0.05) is 13.0 Å². The van der Waals surface area contributed by atoms with Gasteiger partial charge in [0.2, 0.25) is 0 Å². The van der Waals surface area contributed by atoms with Crippen LogP contribution < -0.4 is 5.73 Å². The van der Waals surface area contributed by atoms with Crippen molar-refractivity contribution >= 4 is 11.8 Å². The first-order valence-corrected chi connectivity index (χ1v) is 6.80. The molecule has 96 valence electrons. The maximum absolute atomic E-state index is 9.38. The number of pyridine rings is 1. The summed E-state index contributed by atoms with van der Waals surface area (Å²) in [6.07, 6.45) is 3.70. The zero-order chi connectivity index (χ0) is 12.7. The Morgan fingerprint density at radius 2 is 2.29 bits per heavy atom. The normalized spacial score (nSPS) is 16.5. The van der Waals surface area contributed by atoms with E-state index in [1.165, 1.54) is 0 Å². The summed E-state index contributed by atoms with van der Waals surface area (Å²) in [5.74, 6) is 0.476. The highest BCUT2D eigenvalue weighted by Crippen LogP contribution is 2.32. The number of aromatic nitrogens is 1. The van der Waals surface area contributed by atoms with Crippen molar-refractivity contribution in [3.8, 4) is 0 Å². The summed E-state index contributed by atoms with van der Waals surface area (Å²) in [5, 5.41) is 18.3. The molecule has 4 nitrogen and oxygen atoms in total. The molecule has 0 aliphatic carbocycles. The number of rotatable bonds is 7. The fourth-order valence-electron chi connectivity index (χ4n) is 1.49. The molecule has 1 heterocycles. The van der Waals surface area contributed by atoms with Crippen molar-refractivity contribution in [2.75, 3.05) is 12.4 Å². The van der Waals surface area contributed by atoms with Crippen molar-refractivity contribution < 1.29 is 10.2 Å². The first-order chi connectivity index (χ1) is 8.19. The Kier molecular flexibility index (Phi) is 6.50. The van der Waals surface area contributed by atoms with E-state index in [2.05, 4.69) is 4.98 Å². The van der Waals surface area contributed by atoms with Crippen LogP contribution in [0.4, 0.5) is 0 Å². The van der Waals surface area contributed by atoms with E-state index < -0.39 is 6.10 Å². The molecule has 4 N–H and O–H groups in total. The number of nitrogens with zero attached hydrogens (tertiary/aromatic N) is 1. The highest BCUT2D eigenvalue weighted by molar-refractivity contribution is 7.99. The van der Waals surface area contributed by atoms with Crippen molar-refractivity contribution in [1.29, 1.82) is 0 Å². The summed E-state index contributed by atoms with van der Waals surface area (Å²) < 4.78 is 0. The zero-order valence-corrected chi connectivity index (χ0v) is 10.8. The van der Waals surface area contributed by atoms with Gasteiger partial charge in [0.05, 0.1) is 12.7 Å². The Morgan fingerprint density at radius 3 is 2.82 bits per heavy atom. The number of aliphatic hydroxyl groups excluding tert-OH is 2. The highest BCUT2D eigenvalue weighted by atomic mass is 32.2. The van der Waals surface area contributed by atoms with Crippen molar-refractivity contribution in [2.45, 2.75) is 30.7 Å². The second kappa shape index (κ2) is 7.66. The van der Waals surface area contributed by atoms with Gasteiger partial charge in [0.15, 0.2) is 0 Å². The maximum atomic E-state index is 9.38. The third-order valence-corrected chi connectivity index (χ3v) is 4.11. The van der Waals surface area contributed by atoms with E-state index in [9.17, 15) is 5.11 Å². The van der Waals surface area contributed by atoms with Crippen molar-refractivity contribution in [3.05, 3.63) is 30.1 Å². The molecule has 0 saturated heterocycles. The number of hydrogen-bond acceptors (Lipinski definition) is 5. The molecule has 0 bridgehead atoms. The van der Waals surface area contributed by atoms with Crippen molar-refractivity contribution in [3.63, 3.8) is 0 Å². The van der Waals surface area contributed by atoms with Crippen LogP contribution >= 0.6 is 11.8 Å². The predicted octanol–water partition coefficient (Wildman–Crippen LogP) is 0.946. The van der Waals surface area contributed by atoms with E-state index in [-0.39, 0.29) is 17.9 Å². The molecule has 17 heavy (non-hydrogen) atoms. The van der Waals surface area contributed by atoms with E-state index in [0.29, 0.717) is 5.75 Å². The molecular weight excluding hydrogens is 236 g/mol. The lowest BCUT2D eigenvalue weighted by Gasteiger charge is -2.23. The summed E-state index contributed by atoms with van der Waals surface area (Å²) in [6.45, 7) is 1.82. The summed E-state index contributed by atoms with van der Waals surface area (Å²) in [7, 11) is 0. The molecule has 1 aromatic rings. The fourth-order valence-corrected chi connectivity index (χ4v) is 2.80. The second-order valence-corrected chi connectivity index (χ2v) is 5.12. The molecule has 0 spiro atoms. The van der Waals surface area contributed by atoms with E-state index in [0.717, 1.165) is 12.0 Å². The minimum Gasteiger partial charge on any atom is -0.394 e. The van der Waals surface area contributed by atoms with E-state index in [1.807, 2.05) is 19.1 Å². The van der Waals surface area contributed by atoms with Gasteiger partial charge in [0.1, 0.15) is 0 Å². The number of nitrogens with two attached hydrogens (primary N) is 1. The Morgan fingerprint density at radius 1 is 1.53 bits per heavy atom. The SMILES string of the molecule is CCC(N)C(SCC(O)CO)c1cccnc1. The average molecular weight is 256 g/mol. The van der Waals surface area contributed by atoms with Crippen molar-refractivity contribution in [2.24, 2.45) is 5.73 Å². The minimum absolute atomic E-state index is 0.0232. The lowest BCUT2D eigenvalue weighted by atomic mass is 10.1. The smallest absolute Gasteiger partial charge is 0.0861 e. The van der Waals surface area contributed by atoms with Gasteiger partial charge < -0.3 is 15.9 Å². The van der Waals surface area contributed by atoms with Gasteiger partial charge in [-0.2, -0.15) is 0 Å². The van der Waals surface area contributed by atoms with Gasteiger partial charge in [0, 0.05) is 29.4 Å². The summed E-state index contributed by atoms with van der Waals surface area (Å²) >= 11 is 1.56. The second-order valence-electron chi connectivity index (χ2n) is 3.95. The minimum atomic E-state index is -0.691. The molecule has 0 amide bonds. The largest absolute Gasteiger partial charge is 0.394 e. The van der Waals surface area contributed by atoms with Crippen LogP contribution in [0.15, 0.2) is 24.5 Å². The Bertz CT molecular complexity index is 311. The van der Waals surface area contributed by atoms with Crippen LogP contribution in [0.3, 0.4) is 0 Å².